The van der Waals surface area contributed by atoms with Crippen molar-refractivity contribution in [2.24, 2.45) is 0 Å². The van der Waals surface area contributed by atoms with E-state index in [-0.39, 0.29) is 6.07 Å². The van der Waals surface area contributed by atoms with Gasteiger partial charge >= 0.3 is 12.1 Å². The van der Waals surface area contributed by atoms with Gasteiger partial charge in [0, 0.05) is 6.07 Å². The van der Waals surface area contributed by atoms with E-state index in [0.717, 1.165) is 7.11 Å². The largest absolute Gasteiger partial charge is 0.467 e. The second kappa shape index (κ2) is 5.21. The van der Waals surface area contributed by atoms with Crippen LogP contribution in [0.25, 0.3) is 0 Å². The summed E-state index contributed by atoms with van der Waals surface area (Å²) in [5.41, 5.74) is -3.22. The highest BCUT2D eigenvalue weighted by atomic mass is 19.4. The number of carbonyl (C=O) groups excluding carboxylic acids is 1. The minimum Gasteiger partial charge on any atom is -0.467 e. The Balaban J connectivity index is 3.35. The Kier molecular flexibility index (Phi) is 4.07. The number of ether oxygens (including phenoxy) is 1. The number of esters is 1. The molecule has 19 heavy (non-hydrogen) atoms. The van der Waals surface area contributed by atoms with Crippen LogP contribution >= 0.6 is 0 Å². The quantitative estimate of drug-likeness (QED) is 0.370. The van der Waals surface area contributed by atoms with Crippen LogP contribution < -0.4 is 0 Å². The Labute approximate surface area is 103 Å². The first kappa shape index (κ1) is 14.9. The predicted molar refractivity (Wildman–Crippen MR) is 54.0 cm³/mol. The average Bonchev–Trinajstić information content (AvgIpc) is 2.35. The molecule has 0 bridgehead atoms. The second-order valence-corrected chi connectivity index (χ2v) is 3.41. The number of methoxy groups -OCH3 is 1. The molecule has 0 saturated heterocycles. The molecule has 0 saturated carbocycles. The van der Waals surface area contributed by atoms with E-state index >= 15 is 0 Å². The maximum Gasteiger partial charge on any atom is 0.416 e. The zero-order valence-electron chi connectivity index (χ0n) is 9.40. The van der Waals surface area contributed by atoms with E-state index < -0.39 is 40.1 Å². The molecule has 0 N–H and O–H groups in total. The van der Waals surface area contributed by atoms with Gasteiger partial charge < -0.3 is 4.74 Å². The molecule has 0 amide bonds. The van der Waals surface area contributed by atoms with Crippen LogP contribution in [-0.2, 0) is 15.7 Å². The molecule has 1 aromatic rings. The first-order valence-electron chi connectivity index (χ1n) is 4.76. The first-order valence-corrected chi connectivity index (χ1v) is 4.76. The normalized spacial score (nSPS) is 12.9. The third kappa shape index (κ3) is 3.18. The second-order valence-electron chi connectivity index (χ2n) is 3.41. The summed E-state index contributed by atoms with van der Waals surface area (Å²) in [6.07, 6.45) is -7.33. The fourth-order valence-electron chi connectivity index (χ4n) is 1.32. The van der Waals surface area contributed by atoms with Crippen LogP contribution in [0.15, 0.2) is 18.2 Å². The Morgan fingerprint density at radius 3 is 2.42 bits per heavy atom. The molecule has 5 nitrogen and oxygen atoms in total. The molecule has 0 aliphatic rings. The van der Waals surface area contributed by atoms with Gasteiger partial charge in [0.2, 0.25) is 6.17 Å². The van der Waals surface area contributed by atoms with E-state index in [9.17, 15) is 32.5 Å². The molecule has 0 aliphatic carbocycles. The van der Waals surface area contributed by atoms with Gasteiger partial charge in [0.05, 0.1) is 23.2 Å². The smallest absolute Gasteiger partial charge is 0.416 e. The van der Waals surface area contributed by atoms with Gasteiger partial charge in [-0.05, 0) is 12.1 Å². The van der Waals surface area contributed by atoms with Gasteiger partial charge in [-0.1, -0.05) is 0 Å². The van der Waals surface area contributed by atoms with E-state index in [1.165, 1.54) is 0 Å². The van der Waals surface area contributed by atoms with E-state index in [4.69, 9.17) is 0 Å². The molecular formula is C10H7F4NO4. The lowest BCUT2D eigenvalue weighted by Crippen LogP contribution is -2.13. The minimum absolute atomic E-state index is 0.171. The number of hydrogen-bond donors (Lipinski definition) is 0. The Morgan fingerprint density at radius 2 is 2.00 bits per heavy atom. The van der Waals surface area contributed by atoms with Gasteiger partial charge in [-0.15, -0.1) is 0 Å². The molecule has 1 aromatic carbocycles. The van der Waals surface area contributed by atoms with Crippen molar-refractivity contribution in [1.29, 1.82) is 0 Å². The number of benzene rings is 1. The fraction of sp³-hybridized carbons (Fsp3) is 0.300. The summed E-state index contributed by atoms with van der Waals surface area (Å²) in [4.78, 5) is 20.4. The number of hydrogen-bond acceptors (Lipinski definition) is 4. The van der Waals surface area contributed by atoms with E-state index in [1.54, 1.807) is 0 Å². The Hall–Kier alpha value is -2.19. The summed E-state index contributed by atoms with van der Waals surface area (Å²) in [5.74, 6) is -1.43. The lowest BCUT2D eigenvalue weighted by Gasteiger charge is -2.10. The van der Waals surface area contributed by atoms with Gasteiger partial charge in [-0.3, -0.25) is 10.1 Å². The number of nitrogens with zero attached hydrogens (tertiary/aromatic N) is 1. The summed E-state index contributed by atoms with van der Waals surface area (Å²) in [6, 6.07) is 1.17. The summed E-state index contributed by atoms with van der Waals surface area (Å²) in [5, 5.41) is 10.6. The maximum atomic E-state index is 13.5. The monoisotopic (exact) mass is 281 g/mol. The SMILES string of the molecule is COC(=O)[C@@H](F)c1ccc(C(F)(F)F)cc1[N+](=O)[O-]. The van der Waals surface area contributed by atoms with Crippen LogP contribution in [0.3, 0.4) is 0 Å². The van der Waals surface area contributed by atoms with Crippen LogP contribution in [0.5, 0.6) is 0 Å². The highest BCUT2D eigenvalue weighted by Gasteiger charge is 2.35. The van der Waals surface area contributed by atoms with E-state index in [0.29, 0.717) is 12.1 Å². The van der Waals surface area contributed by atoms with Crippen molar-refractivity contribution >= 4 is 11.7 Å². The van der Waals surface area contributed by atoms with E-state index in [2.05, 4.69) is 4.74 Å². The number of halogens is 4. The van der Waals surface area contributed by atoms with Gasteiger partial charge in [-0.25, -0.2) is 9.18 Å². The number of alkyl halides is 4. The standard InChI is InChI=1S/C10H7F4NO4/c1-19-9(16)8(11)6-3-2-5(10(12,13)14)4-7(6)15(17)18/h2-4,8H,1H3/t8-/m0/s1. The van der Waals surface area contributed by atoms with Crippen LogP contribution in [-0.4, -0.2) is 18.0 Å². The molecule has 0 aromatic heterocycles. The van der Waals surface area contributed by atoms with Gasteiger partial charge in [0.15, 0.2) is 0 Å². The zero-order valence-corrected chi connectivity index (χ0v) is 9.40. The number of rotatable bonds is 3. The van der Waals surface area contributed by atoms with Crippen LogP contribution in [0.2, 0.25) is 0 Å². The molecule has 0 spiro atoms. The van der Waals surface area contributed by atoms with Crippen molar-refractivity contribution < 1.29 is 32.0 Å². The summed E-state index contributed by atoms with van der Waals surface area (Å²) < 4.78 is 54.7. The topological polar surface area (TPSA) is 69.4 Å². The molecule has 0 aliphatic heterocycles. The van der Waals surface area contributed by atoms with Crippen molar-refractivity contribution in [2.75, 3.05) is 7.11 Å². The van der Waals surface area contributed by atoms with Gasteiger partial charge in [0.25, 0.3) is 5.69 Å². The minimum atomic E-state index is -4.81. The van der Waals surface area contributed by atoms with Crippen molar-refractivity contribution in [3.05, 3.63) is 39.4 Å². The van der Waals surface area contributed by atoms with Crippen molar-refractivity contribution in [2.45, 2.75) is 12.3 Å². The zero-order chi connectivity index (χ0) is 14.8. The first-order chi connectivity index (χ1) is 8.68. The predicted octanol–water partition coefficient (Wildman–Crippen LogP) is 2.80. The van der Waals surface area contributed by atoms with Crippen LogP contribution in [0.1, 0.15) is 17.3 Å². The third-order valence-electron chi connectivity index (χ3n) is 2.24. The van der Waals surface area contributed by atoms with Gasteiger partial charge in [-0.2, -0.15) is 13.2 Å². The molecule has 0 heterocycles. The summed E-state index contributed by atoms with van der Waals surface area (Å²) >= 11 is 0. The molecule has 1 rings (SSSR count). The highest BCUT2D eigenvalue weighted by molar-refractivity contribution is 5.78. The molecule has 0 unspecified atom stereocenters. The number of nitro groups is 1. The molecule has 9 heteroatoms. The van der Waals surface area contributed by atoms with Crippen molar-refractivity contribution in [3.63, 3.8) is 0 Å². The highest BCUT2D eigenvalue weighted by Crippen LogP contribution is 2.36. The Morgan fingerprint density at radius 1 is 1.42 bits per heavy atom. The maximum absolute atomic E-state index is 13.5. The molecule has 1 atom stereocenters. The lowest BCUT2D eigenvalue weighted by atomic mass is 10.0. The third-order valence-corrected chi connectivity index (χ3v) is 2.24. The fourth-order valence-corrected chi connectivity index (χ4v) is 1.32. The summed E-state index contributed by atoms with van der Waals surface area (Å²) in [7, 11) is 0.852. The summed E-state index contributed by atoms with van der Waals surface area (Å²) in [6.45, 7) is 0. The average molecular weight is 281 g/mol. The van der Waals surface area contributed by atoms with Crippen LogP contribution in [0, 0.1) is 10.1 Å². The van der Waals surface area contributed by atoms with Crippen molar-refractivity contribution in [1.82, 2.24) is 0 Å². The lowest BCUT2D eigenvalue weighted by molar-refractivity contribution is -0.386. The Bertz CT molecular complexity index is 515. The molecule has 104 valence electrons. The molecule has 0 radical (unpaired) electrons. The van der Waals surface area contributed by atoms with Gasteiger partial charge in [0.1, 0.15) is 0 Å². The molecule has 0 fully saturated rings. The number of nitro benzene ring substituents is 1. The van der Waals surface area contributed by atoms with E-state index in [1.807, 2.05) is 0 Å². The number of carbonyl (C=O) groups is 1. The molecular weight excluding hydrogens is 274 g/mol. The van der Waals surface area contributed by atoms with Crippen molar-refractivity contribution in [3.8, 4) is 0 Å². The van der Waals surface area contributed by atoms with Crippen LogP contribution in [0.4, 0.5) is 23.2 Å².